The van der Waals surface area contributed by atoms with Gasteiger partial charge in [-0.3, -0.25) is 9.59 Å². The Kier molecular flexibility index (Phi) is 6.31. The van der Waals surface area contributed by atoms with Gasteiger partial charge >= 0.3 is 0 Å². The maximum Gasteiger partial charge on any atom is 0.226 e. The first-order valence-corrected chi connectivity index (χ1v) is 8.45. The molecule has 0 bridgehead atoms. The van der Waals surface area contributed by atoms with Crippen molar-refractivity contribution in [3.05, 3.63) is 35.6 Å². The lowest BCUT2D eigenvalue weighted by molar-refractivity contribution is -0.139. The Labute approximate surface area is 142 Å². The van der Waals surface area contributed by atoms with Crippen molar-refractivity contribution < 1.29 is 14.0 Å². The number of carbonyl (C=O) groups is 2. The normalized spacial score (nSPS) is 18.1. The molecule has 0 aromatic heterocycles. The summed E-state index contributed by atoms with van der Waals surface area (Å²) in [6.45, 7) is 5.24. The van der Waals surface area contributed by atoms with Crippen LogP contribution in [-0.4, -0.2) is 35.8 Å². The predicted octanol–water partition coefficient (Wildman–Crippen LogP) is 1.66. The van der Waals surface area contributed by atoms with E-state index in [1.807, 2.05) is 13.8 Å². The molecule has 0 spiro atoms. The van der Waals surface area contributed by atoms with Crippen LogP contribution >= 0.6 is 0 Å². The summed E-state index contributed by atoms with van der Waals surface area (Å²) in [6.07, 6.45) is 1.32. The van der Waals surface area contributed by atoms with E-state index in [2.05, 4.69) is 5.32 Å². The van der Waals surface area contributed by atoms with E-state index in [9.17, 15) is 14.0 Å². The van der Waals surface area contributed by atoms with Gasteiger partial charge in [-0.05, 0) is 37.5 Å². The molecule has 3 N–H and O–H groups in total. The molecule has 0 aliphatic carbocycles. The Hall–Kier alpha value is -1.95. The summed E-state index contributed by atoms with van der Waals surface area (Å²) in [5.74, 6) is -0.515. The lowest BCUT2D eigenvalue weighted by Gasteiger charge is -2.33. The number of piperidine rings is 1. The largest absolute Gasteiger partial charge is 0.352 e. The first-order chi connectivity index (χ1) is 11.4. The summed E-state index contributed by atoms with van der Waals surface area (Å²) in [5.41, 5.74) is 6.65. The number of hydrogen-bond donors (Lipinski definition) is 2. The van der Waals surface area contributed by atoms with E-state index >= 15 is 0 Å². The van der Waals surface area contributed by atoms with Gasteiger partial charge in [-0.25, -0.2) is 4.39 Å². The SMILES string of the molecule is CC(N)C(C)C(=O)N1CCC(C(=O)NCc2ccc(F)cc2)CC1. The van der Waals surface area contributed by atoms with Gasteiger partial charge in [-0.1, -0.05) is 19.1 Å². The fraction of sp³-hybridized carbons (Fsp3) is 0.556. The van der Waals surface area contributed by atoms with Crippen molar-refractivity contribution >= 4 is 11.8 Å². The highest BCUT2D eigenvalue weighted by atomic mass is 19.1. The van der Waals surface area contributed by atoms with Crippen molar-refractivity contribution in [2.24, 2.45) is 17.6 Å². The number of nitrogens with one attached hydrogen (secondary N) is 1. The average molecular weight is 335 g/mol. The molecular weight excluding hydrogens is 309 g/mol. The van der Waals surface area contributed by atoms with Crippen LogP contribution in [0.15, 0.2) is 24.3 Å². The fourth-order valence-electron chi connectivity index (χ4n) is 2.81. The molecule has 2 rings (SSSR count). The minimum atomic E-state index is -0.289. The van der Waals surface area contributed by atoms with E-state index in [0.717, 1.165) is 5.56 Å². The number of nitrogens with two attached hydrogens (primary N) is 1. The second kappa shape index (κ2) is 8.24. The molecule has 2 unspecified atom stereocenters. The molecule has 0 saturated carbocycles. The smallest absolute Gasteiger partial charge is 0.226 e. The standard InChI is InChI=1S/C18H26FN3O2/c1-12(13(2)20)18(24)22-9-7-15(8-10-22)17(23)21-11-14-3-5-16(19)6-4-14/h3-6,12-13,15H,7-11,20H2,1-2H3,(H,21,23). The minimum absolute atomic E-state index is 0.00772. The molecular formula is C18H26FN3O2. The van der Waals surface area contributed by atoms with Crippen LogP contribution in [0.3, 0.4) is 0 Å². The summed E-state index contributed by atoms with van der Waals surface area (Å²) in [6, 6.07) is 5.91. The van der Waals surface area contributed by atoms with Crippen LogP contribution in [0.5, 0.6) is 0 Å². The zero-order chi connectivity index (χ0) is 17.7. The third-order valence-corrected chi connectivity index (χ3v) is 4.74. The number of rotatable bonds is 5. The molecule has 1 aromatic carbocycles. The quantitative estimate of drug-likeness (QED) is 0.859. The molecule has 1 aromatic rings. The molecule has 1 saturated heterocycles. The van der Waals surface area contributed by atoms with Gasteiger partial charge < -0.3 is 16.0 Å². The van der Waals surface area contributed by atoms with Crippen LogP contribution in [0.25, 0.3) is 0 Å². The molecule has 1 aliphatic heterocycles. The zero-order valence-corrected chi connectivity index (χ0v) is 14.3. The van der Waals surface area contributed by atoms with Crippen molar-refractivity contribution in [3.8, 4) is 0 Å². The van der Waals surface area contributed by atoms with Crippen molar-refractivity contribution in [1.29, 1.82) is 0 Å². The summed E-state index contributed by atoms with van der Waals surface area (Å²) in [7, 11) is 0. The van der Waals surface area contributed by atoms with Gasteiger partial charge in [-0.2, -0.15) is 0 Å². The lowest BCUT2D eigenvalue weighted by Crippen LogP contribution is -2.47. The van der Waals surface area contributed by atoms with E-state index in [1.165, 1.54) is 12.1 Å². The topological polar surface area (TPSA) is 75.4 Å². The Morgan fingerprint density at radius 2 is 1.83 bits per heavy atom. The highest BCUT2D eigenvalue weighted by Crippen LogP contribution is 2.20. The zero-order valence-electron chi connectivity index (χ0n) is 14.3. The minimum Gasteiger partial charge on any atom is -0.352 e. The molecule has 24 heavy (non-hydrogen) atoms. The molecule has 1 fully saturated rings. The van der Waals surface area contributed by atoms with Crippen LogP contribution in [-0.2, 0) is 16.1 Å². The summed E-state index contributed by atoms with van der Waals surface area (Å²) >= 11 is 0. The van der Waals surface area contributed by atoms with Crippen LogP contribution < -0.4 is 11.1 Å². The maximum atomic E-state index is 12.9. The summed E-state index contributed by atoms with van der Waals surface area (Å²) in [4.78, 5) is 26.3. The fourth-order valence-corrected chi connectivity index (χ4v) is 2.81. The highest BCUT2D eigenvalue weighted by Gasteiger charge is 2.30. The maximum absolute atomic E-state index is 12.9. The predicted molar refractivity (Wildman–Crippen MR) is 90.4 cm³/mol. The van der Waals surface area contributed by atoms with Crippen LogP contribution in [0.1, 0.15) is 32.3 Å². The van der Waals surface area contributed by atoms with Crippen molar-refractivity contribution in [2.75, 3.05) is 13.1 Å². The van der Waals surface area contributed by atoms with E-state index in [-0.39, 0.29) is 35.5 Å². The number of nitrogens with zero attached hydrogens (tertiary/aromatic N) is 1. The molecule has 0 radical (unpaired) electrons. The lowest BCUT2D eigenvalue weighted by atomic mass is 9.94. The van der Waals surface area contributed by atoms with Gasteiger partial charge in [0.1, 0.15) is 5.82 Å². The third kappa shape index (κ3) is 4.77. The van der Waals surface area contributed by atoms with Gasteiger partial charge in [0.05, 0.1) is 5.92 Å². The number of likely N-dealkylation sites (tertiary alicyclic amines) is 1. The Morgan fingerprint density at radius 1 is 1.25 bits per heavy atom. The monoisotopic (exact) mass is 335 g/mol. The number of benzene rings is 1. The van der Waals surface area contributed by atoms with E-state index < -0.39 is 0 Å². The molecule has 2 amide bonds. The molecule has 1 aliphatic rings. The Balaban J connectivity index is 1.78. The highest BCUT2D eigenvalue weighted by molar-refractivity contribution is 5.81. The number of carbonyl (C=O) groups excluding carboxylic acids is 2. The van der Waals surface area contributed by atoms with Gasteiger partial charge in [0.25, 0.3) is 0 Å². The third-order valence-electron chi connectivity index (χ3n) is 4.74. The Morgan fingerprint density at radius 3 is 2.38 bits per heavy atom. The van der Waals surface area contributed by atoms with E-state index in [4.69, 9.17) is 5.73 Å². The number of halogens is 1. The molecule has 132 valence electrons. The second-order valence-corrected chi connectivity index (χ2v) is 6.59. The van der Waals surface area contributed by atoms with Gasteiger partial charge in [-0.15, -0.1) is 0 Å². The van der Waals surface area contributed by atoms with Crippen molar-refractivity contribution in [2.45, 2.75) is 39.3 Å². The summed E-state index contributed by atoms with van der Waals surface area (Å²) in [5, 5.41) is 2.89. The molecule has 6 heteroatoms. The van der Waals surface area contributed by atoms with Crippen LogP contribution in [0, 0.1) is 17.7 Å². The van der Waals surface area contributed by atoms with Crippen molar-refractivity contribution in [1.82, 2.24) is 10.2 Å². The van der Waals surface area contributed by atoms with E-state index in [0.29, 0.717) is 32.5 Å². The molecule has 5 nitrogen and oxygen atoms in total. The number of hydrogen-bond acceptors (Lipinski definition) is 3. The van der Waals surface area contributed by atoms with Gasteiger partial charge in [0.2, 0.25) is 11.8 Å². The molecule has 1 heterocycles. The van der Waals surface area contributed by atoms with Gasteiger partial charge in [0.15, 0.2) is 0 Å². The van der Waals surface area contributed by atoms with Crippen molar-refractivity contribution in [3.63, 3.8) is 0 Å². The first-order valence-electron chi connectivity index (χ1n) is 8.45. The second-order valence-electron chi connectivity index (χ2n) is 6.59. The summed E-state index contributed by atoms with van der Waals surface area (Å²) < 4.78 is 12.9. The molecule has 2 atom stereocenters. The number of amides is 2. The van der Waals surface area contributed by atoms with Crippen LogP contribution in [0.4, 0.5) is 4.39 Å². The first kappa shape index (κ1) is 18.4. The van der Waals surface area contributed by atoms with Crippen LogP contribution in [0.2, 0.25) is 0 Å². The Bertz CT molecular complexity index is 566. The van der Waals surface area contributed by atoms with E-state index in [1.54, 1.807) is 17.0 Å². The average Bonchev–Trinajstić information content (AvgIpc) is 2.59. The van der Waals surface area contributed by atoms with Gasteiger partial charge in [0, 0.05) is 31.6 Å².